The van der Waals surface area contributed by atoms with Crippen molar-refractivity contribution in [3.8, 4) is 0 Å². The van der Waals surface area contributed by atoms with E-state index in [1.54, 1.807) is 6.33 Å². The minimum Gasteiger partial charge on any atom is -0.353 e. The van der Waals surface area contributed by atoms with Gasteiger partial charge in [-0.3, -0.25) is 0 Å². The summed E-state index contributed by atoms with van der Waals surface area (Å²) in [6.45, 7) is 8.39. The molecule has 0 saturated carbocycles. The first kappa shape index (κ1) is 16.2. The number of aromatic nitrogens is 4. The van der Waals surface area contributed by atoms with Crippen molar-refractivity contribution in [2.75, 3.05) is 29.9 Å². The lowest BCUT2D eigenvalue weighted by atomic mass is 9.92. The Morgan fingerprint density at radius 3 is 2.56 bits per heavy atom. The van der Waals surface area contributed by atoms with E-state index in [4.69, 9.17) is 0 Å². The van der Waals surface area contributed by atoms with Crippen LogP contribution in [0.25, 0.3) is 0 Å². The summed E-state index contributed by atoms with van der Waals surface area (Å²) in [5.41, 5.74) is 3.65. The number of rotatable bonds is 3. The molecule has 0 atom stereocenters. The van der Waals surface area contributed by atoms with Crippen LogP contribution in [0.4, 0.5) is 11.6 Å². The molecule has 2 aromatic heterocycles. The second kappa shape index (κ2) is 5.93. The van der Waals surface area contributed by atoms with Crippen molar-refractivity contribution in [2.45, 2.75) is 51.5 Å². The van der Waals surface area contributed by atoms with Gasteiger partial charge in [0.1, 0.15) is 12.1 Å². The van der Waals surface area contributed by atoms with Gasteiger partial charge in [0, 0.05) is 36.8 Å². The summed E-state index contributed by atoms with van der Waals surface area (Å²) < 4.78 is 0. The minimum atomic E-state index is 0.0383. The highest BCUT2D eigenvalue weighted by atomic mass is 15.4. The van der Waals surface area contributed by atoms with Gasteiger partial charge in [-0.15, -0.1) is 5.10 Å². The summed E-state index contributed by atoms with van der Waals surface area (Å²) in [5, 5.41) is 8.83. The first-order valence-corrected chi connectivity index (χ1v) is 9.08. The van der Waals surface area contributed by atoms with Crippen molar-refractivity contribution >= 4 is 11.6 Å². The van der Waals surface area contributed by atoms with E-state index in [1.165, 1.54) is 17.7 Å². The lowest BCUT2D eigenvalue weighted by Gasteiger charge is -2.45. The fourth-order valence-corrected chi connectivity index (χ4v) is 3.60. The van der Waals surface area contributed by atoms with Crippen LogP contribution in [-0.2, 0) is 18.3 Å². The fraction of sp³-hybridized carbons (Fsp3) is 0.579. The predicted molar refractivity (Wildman–Crippen MR) is 99.2 cm³/mol. The Morgan fingerprint density at radius 2 is 1.88 bits per heavy atom. The zero-order chi connectivity index (χ0) is 17.6. The third-order valence-electron chi connectivity index (χ3n) is 5.34. The van der Waals surface area contributed by atoms with Gasteiger partial charge in [-0.2, -0.15) is 5.10 Å². The van der Waals surface area contributed by atoms with Gasteiger partial charge in [0.05, 0.1) is 11.7 Å². The van der Waals surface area contributed by atoms with Crippen LogP contribution in [-0.4, -0.2) is 46.3 Å². The molecule has 1 aliphatic carbocycles. The molecule has 0 radical (unpaired) electrons. The maximum absolute atomic E-state index is 4.56. The average Bonchev–Trinajstić information content (AvgIpc) is 3.01. The van der Waals surface area contributed by atoms with Gasteiger partial charge < -0.3 is 9.80 Å². The molecule has 6 heteroatoms. The van der Waals surface area contributed by atoms with E-state index in [0.717, 1.165) is 43.3 Å². The summed E-state index contributed by atoms with van der Waals surface area (Å²) in [6, 6.07) is 4.65. The monoisotopic (exact) mass is 338 g/mol. The zero-order valence-electron chi connectivity index (χ0n) is 15.5. The van der Waals surface area contributed by atoms with E-state index < -0.39 is 0 Å². The number of likely N-dealkylation sites (N-methyl/N-ethyl adjacent to an activating group) is 1. The van der Waals surface area contributed by atoms with Crippen LogP contribution >= 0.6 is 0 Å². The third kappa shape index (κ3) is 2.94. The number of hydrogen-bond acceptors (Lipinski definition) is 6. The summed E-state index contributed by atoms with van der Waals surface area (Å²) in [7, 11) is 2.15. The largest absolute Gasteiger partial charge is 0.353 e. The van der Waals surface area contributed by atoms with Crippen LogP contribution in [0.2, 0.25) is 0 Å². The summed E-state index contributed by atoms with van der Waals surface area (Å²) in [5.74, 6) is 2.08. The molecule has 0 bridgehead atoms. The van der Waals surface area contributed by atoms with Gasteiger partial charge in [-0.1, -0.05) is 20.8 Å². The molecular formula is C19H26N6. The van der Waals surface area contributed by atoms with Crippen molar-refractivity contribution in [3.63, 3.8) is 0 Å². The molecule has 0 N–H and O–H groups in total. The first-order valence-electron chi connectivity index (χ1n) is 9.08. The lowest BCUT2D eigenvalue weighted by Crippen LogP contribution is -2.59. The normalized spacial score (nSPS) is 17.4. The predicted octanol–water partition coefficient (Wildman–Crippen LogP) is 2.38. The van der Waals surface area contributed by atoms with E-state index in [2.05, 4.69) is 69.9 Å². The van der Waals surface area contributed by atoms with Crippen molar-refractivity contribution < 1.29 is 0 Å². The maximum atomic E-state index is 4.56. The Balaban J connectivity index is 1.43. The number of fused-ring (bicyclic) bond motifs is 1. The van der Waals surface area contributed by atoms with Crippen LogP contribution in [0.1, 0.15) is 44.1 Å². The Labute approximate surface area is 149 Å². The van der Waals surface area contributed by atoms with Gasteiger partial charge in [0.15, 0.2) is 5.82 Å². The molecule has 1 saturated heterocycles. The quantitative estimate of drug-likeness (QED) is 0.856. The molecule has 25 heavy (non-hydrogen) atoms. The maximum Gasteiger partial charge on any atom is 0.151 e. The Hall–Kier alpha value is -2.24. The molecule has 132 valence electrons. The van der Waals surface area contributed by atoms with Gasteiger partial charge in [0.2, 0.25) is 0 Å². The highest BCUT2D eigenvalue weighted by Gasteiger charge is 2.33. The highest BCUT2D eigenvalue weighted by molar-refractivity contribution is 5.53. The molecule has 0 unspecified atom stereocenters. The number of anilines is 2. The summed E-state index contributed by atoms with van der Waals surface area (Å²) in [4.78, 5) is 13.6. The Morgan fingerprint density at radius 1 is 1.08 bits per heavy atom. The van der Waals surface area contributed by atoms with E-state index in [9.17, 15) is 0 Å². The van der Waals surface area contributed by atoms with Gasteiger partial charge in [0.25, 0.3) is 0 Å². The van der Waals surface area contributed by atoms with Crippen molar-refractivity contribution in [1.82, 2.24) is 20.2 Å². The molecule has 0 aromatic carbocycles. The third-order valence-corrected chi connectivity index (χ3v) is 5.34. The van der Waals surface area contributed by atoms with Crippen LogP contribution in [0.5, 0.6) is 0 Å². The highest BCUT2D eigenvalue weighted by Crippen LogP contribution is 2.31. The standard InChI is InChI=1S/C19H26N6/c1-19(2,3)16-8-9-17(23-22-16)25-10-13(11-25)24(4)18-14-6-5-7-15(14)20-12-21-18/h8-9,12-13H,5-7,10-11H2,1-4H3. The van der Waals surface area contributed by atoms with Gasteiger partial charge in [-0.25, -0.2) is 9.97 Å². The number of nitrogens with zero attached hydrogens (tertiary/aromatic N) is 6. The second-order valence-electron chi connectivity index (χ2n) is 8.17. The minimum absolute atomic E-state index is 0.0383. The van der Waals surface area contributed by atoms with Crippen LogP contribution in [0.3, 0.4) is 0 Å². The molecule has 2 aromatic rings. The molecule has 1 fully saturated rings. The molecule has 1 aliphatic heterocycles. The molecule has 6 nitrogen and oxygen atoms in total. The van der Waals surface area contributed by atoms with Crippen molar-refractivity contribution in [2.24, 2.45) is 0 Å². The van der Waals surface area contributed by atoms with Crippen LogP contribution in [0, 0.1) is 0 Å². The molecule has 0 amide bonds. The summed E-state index contributed by atoms with van der Waals surface area (Å²) >= 11 is 0. The van der Waals surface area contributed by atoms with E-state index in [-0.39, 0.29) is 5.41 Å². The topological polar surface area (TPSA) is 58.0 Å². The van der Waals surface area contributed by atoms with Crippen molar-refractivity contribution in [3.05, 3.63) is 35.4 Å². The SMILES string of the molecule is CN(c1ncnc2c1CCC2)C1CN(c2ccc(C(C)(C)C)nn2)C1. The lowest BCUT2D eigenvalue weighted by molar-refractivity contribution is 0.484. The van der Waals surface area contributed by atoms with E-state index in [0.29, 0.717) is 6.04 Å². The Kier molecular flexibility index (Phi) is 3.85. The van der Waals surface area contributed by atoms with Gasteiger partial charge >= 0.3 is 0 Å². The van der Waals surface area contributed by atoms with Crippen molar-refractivity contribution in [1.29, 1.82) is 0 Å². The Bertz CT molecular complexity index is 758. The van der Waals surface area contributed by atoms with Crippen LogP contribution < -0.4 is 9.80 Å². The zero-order valence-corrected chi connectivity index (χ0v) is 15.5. The molecular weight excluding hydrogens is 312 g/mol. The van der Waals surface area contributed by atoms with Crippen LogP contribution in [0.15, 0.2) is 18.5 Å². The molecule has 2 aliphatic rings. The second-order valence-corrected chi connectivity index (χ2v) is 8.17. The van der Waals surface area contributed by atoms with E-state index in [1.807, 2.05) is 0 Å². The van der Waals surface area contributed by atoms with E-state index >= 15 is 0 Å². The average molecular weight is 338 g/mol. The molecule has 0 spiro atoms. The smallest absolute Gasteiger partial charge is 0.151 e. The number of aryl methyl sites for hydroxylation is 1. The molecule has 3 heterocycles. The number of hydrogen-bond donors (Lipinski definition) is 0. The fourth-order valence-electron chi connectivity index (χ4n) is 3.60. The molecule has 4 rings (SSSR count). The first-order chi connectivity index (χ1) is 11.9. The van der Waals surface area contributed by atoms with Gasteiger partial charge in [-0.05, 0) is 31.4 Å². The summed E-state index contributed by atoms with van der Waals surface area (Å²) in [6.07, 6.45) is 5.10.